The molecule has 5 heteroatoms. The Morgan fingerprint density at radius 3 is 2.78 bits per heavy atom. The third kappa shape index (κ3) is 3.22. The zero-order valence-electron chi connectivity index (χ0n) is 12.7. The SMILES string of the molecule is CC(=O)c1cc(Cl)ccc1OCC(=O)N1CCc2ccccc21. The molecule has 0 bridgehead atoms. The van der Waals surface area contributed by atoms with Gasteiger partial charge in [0.2, 0.25) is 0 Å². The number of hydrogen-bond donors (Lipinski definition) is 0. The largest absolute Gasteiger partial charge is 0.483 e. The number of ether oxygens (including phenoxy) is 1. The summed E-state index contributed by atoms with van der Waals surface area (Å²) in [5, 5.41) is 0.461. The molecule has 0 spiro atoms. The van der Waals surface area contributed by atoms with Crippen LogP contribution in [0.3, 0.4) is 0 Å². The highest BCUT2D eigenvalue weighted by atomic mass is 35.5. The number of carbonyl (C=O) groups excluding carboxylic acids is 2. The fraction of sp³-hybridized carbons (Fsp3) is 0.222. The van der Waals surface area contributed by atoms with Gasteiger partial charge in [-0.05, 0) is 43.2 Å². The van der Waals surface area contributed by atoms with Crippen LogP contribution < -0.4 is 9.64 Å². The predicted octanol–water partition coefficient (Wildman–Crippen LogP) is 3.51. The van der Waals surface area contributed by atoms with E-state index in [1.165, 1.54) is 6.92 Å². The van der Waals surface area contributed by atoms with Crippen LogP contribution in [0.25, 0.3) is 0 Å². The smallest absolute Gasteiger partial charge is 0.264 e. The molecule has 0 atom stereocenters. The van der Waals surface area contributed by atoms with Gasteiger partial charge in [-0.2, -0.15) is 0 Å². The number of carbonyl (C=O) groups is 2. The van der Waals surface area contributed by atoms with Crippen LogP contribution in [-0.2, 0) is 11.2 Å². The normalized spacial score (nSPS) is 12.9. The molecule has 0 unspecified atom stereocenters. The lowest BCUT2D eigenvalue weighted by molar-refractivity contribution is -0.120. The summed E-state index contributed by atoms with van der Waals surface area (Å²) in [6, 6.07) is 12.6. The van der Waals surface area contributed by atoms with Gasteiger partial charge in [0, 0.05) is 17.3 Å². The molecule has 23 heavy (non-hydrogen) atoms. The van der Waals surface area contributed by atoms with Crippen LogP contribution in [0.5, 0.6) is 5.75 Å². The van der Waals surface area contributed by atoms with Crippen molar-refractivity contribution >= 4 is 29.0 Å². The molecule has 1 aliphatic rings. The van der Waals surface area contributed by atoms with Crippen molar-refractivity contribution < 1.29 is 14.3 Å². The highest BCUT2D eigenvalue weighted by Crippen LogP contribution is 2.28. The van der Waals surface area contributed by atoms with Crippen molar-refractivity contribution in [1.82, 2.24) is 0 Å². The standard InChI is InChI=1S/C18H16ClNO3/c1-12(21)15-10-14(19)6-7-17(15)23-11-18(22)20-9-8-13-4-2-3-5-16(13)20/h2-7,10H,8-9,11H2,1H3. The first kappa shape index (κ1) is 15.6. The van der Waals surface area contributed by atoms with Crippen LogP contribution in [0.15, 0.2) is 42.5 Å². The van der Waals surface area contributed by atoms with Crippen LogP contribution in [-0.4, -0.2) is 24.8 Å². The summed E-state index contributed by atoms with van der Waals surface area (Å²) in [7, 11) is 0. The quantitative estimate of drug-likeness (QED) is 0.806. The second-order valence-corrected chi connectivity index (χ2v) is 5.85. The first-order valence-electron chi connectivity index (χ1n) is 7.38. The maximum absolute atomic E-state index is 12.4. The molecule has 2 aromatic carbocycles. The Kier molecular flexibility index (Phi) is 4.35. The van der Waals surface area contributed by atoms with Crippen LogP contribution in [0.1, 0.15) is 22.8 Å². The van der Waals surface area contributed by atoms with Gasteiger partial charge in [-0.15, -0.1) is 0 Å². The maximum atomic E-state index is 12.4. The van der Waals surface area contributed by atoms with Crippen molar-refractivity contribution in [3.05, 3.63) is 58.6 Å². The minimum Gasteiger partial charge on any atom is -0.483 e. The minimum absolute atomic E-state index is 0.115. The van der Waals surface area contributed by atoms with Gasteiger partial charge in [0.25, 0.3) is 5.91 Å². The van der Waals surface area contributed by atoms with Crippen LogP contribution in [0.4, 0.5) is 5.69 Å². The Morgan fingerprint density at radius 2 is 2.00 bits per heavy atom. The summed E-state index contributed by atoms with van der Waals surface area (Å²) >= 11 is 5.90. The Bertz CT molecular complexity index is 773. The van der Waals surface area contributed by atoms with Crippen molar-refractivity contribution in [2.45, 2.75) is 13.3 Å². The predicted molar refractivity (Wildman–Crippen MR) is 89.5 cm³/mol. The molecular weight excluding hydrogens is 314 g/mol. The lowest BCUT2D eigenvalue weighted by Crippen LogP contribution is -2.33. The maximum Gasteiger partial charge on any atom is 0.264 e. The van der Waals surface area contributed by atoms with Crippen molar-refractivity contribution in [2.75, 3.05) is 18.1 Å². The van der Waals surface area contributed by atoms with E-state index in [4.69, 9.17) is 16.3 Å². The number of halogens is 1. The first-order valence-corrected chi connectivity index (χ1v) is 7.75. The van der Waals surface area contributed by atoms with Crippen molar-refractivity contribution in [2.24, 2.45) is 0 Å². The van der Waals surface area contributed by atoms with Gasteiger partial charge in [-0.3, -0.25) is 9.59 Å². The van der Waals surface area contributed by atoms with E-state index in [0.29, 0.717) is 22.9 Å². The topological polar surface area (TPSA) is 46.6 Å². The van der Waals surface area contributed by atoms with Gasteiger partial charge in [0.05, 0.1) is 5.56 Å². The highest BCUT2D eigenvalue weighted by molar-refractivity contribution is 6.31. The molecule has 4 nitrogen and oxygen atoms in total. The first-order chi connectivity index (χ1) is 11.1. The lowest BCUT2D eigenvalue weighted by Gasteiger charge is -2.18. The molecule has 1 aliphatic heterocycles. The highest BCUT2D eigenvalue weighted by Gasteiger charge is 2.24. The van der Waals surface area contributed by atoms with Crippen molar-refractivity contribution in [1.29, 1.82) is 0 Å². The van der Waals surface area contributed by atoms with Gasteiger partial charge < -0.3 is 9.64 Å². The van der Waals surface area contributed by atoms with Crippen LogP contribution in [0, 0.1) is 0 Å². The Hall–Kier alpha value is -2.33. The summed E-state index contributed by atoms with van der Waals surface area (Å²) < 4.78 is 5.57. The number of ketones is 1. The summed E-state index contributed by atoms with van der Waals surface area (Å²) in [5.41, 5.74) is 2.48. The second-order valence-electron chi connectivity index (χ2n) is 5.41. The molecule has 0 N–H and O–H groups in total. The molecule has 1 heterocycles. The van der Waals surface area contributed by atoms with E-state index < -0.39 is 0 Å². The number of fused-ring (bicyclic) bond motifs is 1. The summed E-state index contributed by atoms with van der Waals surface area (Å²) in [6.45, 7) is 1.98. The van der Waals surface area contributed by atoms with E-state index in [2.05, 4.69) is 0 Å². The number of rotatable bonds is 4. The average Bonchev–Trinajstić information content (AvgIpc) is 2.97. The number of para-hydroxylation sites is 1. The zero-order chi connectivity index (χ0) is 16.4. The molecule has 0 fully saturated rings. The van der Waals surface area contributed by atoms with E-state index >= 15 is 0 Å². The molecule has 2 aromatic rings. The van der Waals surface area contributed by atoms with E-state index in [0.717, 1.165) is 17.7 Å². The zero-order valence-corrected chi connectivity index (χ0v) is 13.5. The van der Waals surface area contributed by atoms with Gasteiger partial charge in [0.15, 0.2) is 12.4 Å². The average molecular weight is 330 g/mol. The van der Waals surface area contributed by atoms with E-state index in [1.54, 1.807) is 23.1 Å². The number of anilines is 1. The van der Waals surface area contributed by atoms with Crippen LogP contribution in [0.2, 0.25) is 5.02 Å². The number of Topliss-reactive ketones (excluding diaryl/α,β-unsaturated/α-hetero) is 1. The fourth-order valence-corrected chi connectivity index (χ4v) is 2.89. The second kappa shape index (κ2) is 6.42. The van der Waals surface area contributed by atoms with E-state index in [1.807, 2.05) is 24.3 Å². The lowest BCUT2D eigenvalue weighted by atomic mass is 10.1. The van der Waals surface area contributed by atoms with E-state index in [9.17, 15) is 9.59 Å². The molecule has 0 saturated heterocycles. The fourth-order valence-electron chi connectivity index (χ4n) is 2.72. The third-order valence-electron chi connectivity index (χ3n) is 3.86. The molecule has 3 rings (SSSR count). The number of amides is 1. The van der Waals surface area contributed by atoms with Crippen molar-refractivity contribution in [3.63, 3.8) is 0 Å². The molecule has 0 radical (unpaired) electrons. The van der Waals surface area contributed by atoms with Gasteiger partial charge in [-0.25, -0.2) is 0 Å². The summed E-state index contributed by atoms with van der Waals surface area (Å²) in [5.74, 6) is 0.101. The molecule has 1 amide bonds. The molecule has 0 aromatic heterocycles. The Labute approximate surface area is 139 Å². The number of hydrogen-bond acceptors (Lipinski definition) is 3. The van der Waals surface area contributed by atoms with Crippen molar-refractivity contribution in [3.8, 4) is 5.75 Å². The summed E-state index contributed by atoms with van der Waals surface area (Å²) in [4.78, 5) is 25.8. The number of benzene rings is 2. The molecular formula is C18H16ClNO3. The molecule has 118 valence electrons. The molecule has 0 saturated carbocycles. The molecule has 0 aliphatic carbocycles. The minimum atomic E-state index is -0.151. The summed E-state index contributed by atoms with van der Waals surface area (Å²) in [6.07, 6.45) is 0.849. The van der Waals surface area contributed by atoms with Gasteiger partial charge in [-0.1, -0.05) is 29.8 Å². The van der Waals surface area contributed by atoms with Gasteiger partial charge >= 0.3 is 0 Å². The monoisotopic (exact) mass is 329 g/mol. The third-order valence-corrected chi connectivity index (χ3v) is 4.10. The van der Waals surface area contributed by atoms with Gasteiger partial charge in [0.1, 0.15) is 5.75 Å². The van der Waals surface area contributed by atoms with Crippen LogP contribution >= 0.6 is 11.6 Å². The van der Waals surface area contributed by atoms with E-state index in [-0.39, 0.29) is 18.3 Å². The number of nitrogens with zero attached hydrogens (tertiary/aromatic N) is 1. The Morgan fingerprint density at radius 1 is 1.22 bits per heavy atom. The Balaban J connectivity index is 1.72.